The van der Waals surface area contributed by atoms with Crippen molar-refractivity contribution < 1.29 is 4.74 Å². The summed E-state index contributed by atoms with van der Waals surface area (Å²) in [7, 11) is 1.60. The molecule has 0 saturated heterocycles. The molecule has 2 nitrogen and oxygen atoms in total. The fourth-order valence-corrected chi connectivity index (χ4v) is 1.28. The molecule has 0 heterocycles. The summed E-state index contributed by atoms with van der Waals surface area (Å²) in [5.74, 6) is 0.718. The largest absolute Gasteiger partial charge is 0.496 e. The molecule has 0 aliphatic heterocycles. The number of allylic oxidation sites excluding steroid dienone is 2. The van der Waals surface area contributed by atoms with Crippen LogP contribution in [0.15, 0.2) is 37.4 Å². The number of benzene rings is 1. The minimum Gasteiger partial charge on any atom is -0.496 e. The molecule has 1 N–H and O–H groups in total. The average molecular weight is 187 g/mol. The van der Waals surface area contributed by atoms with Gasteiger partial charge < -0.3 is 10.1 Å². The van der Waals surface area contributed by atoms with Crippen LogP contribution in [0.25, 0.3) is 5.57 Å². The Morgan fingerprint density at radius 3 is 2.71 bits per heavy atom. The van der Waals surface area contributed by atoms with Crippen molar-refractivity contribution in [2.45, 2.75) is 0 Å². The van der Waals surface area contributed by atoms with Gasteiger partial charge in [0.2, 0.25) is 0 Å². The predicted molar refractivity (Wildman–Crippen MR) is 60.1 cm³/mol. The minimum absolute atomic E-state index is 0.718. The molecular weight excluding hydrogens is 174 g/mol. The van der Waals surface area contributed by atoms with Crippen LogP contribution in [0.2, 0.25) is 0 Å². The number of hydrogen-bond acceptors (Lipinski definition) is 2. The zero-order chi connectivity index (χ0) is 10.6. The lowest BCUT2D eigenvalue weighted by atomic mass is 10.0. The van der Waals surface area contributed by atoms with Gasteiger partial charge in [-0.1, -0.05) is 31.4 Å². The molecule has 2 heteroatoms. The predicted octanol–water partition coefficient (Wildman–Crippen LogP) is 2.89. The average Bonchev–Trinajstić information content (AvgIpc) is 2.26. The Morgan fingerprint density at radius 2 is 2.21 bits per heavy atom. The molecule has 0 fully saturated rings. The van der Waals surface area contributed by atoms with Gasteiger partial charge in [0.15, 0.2) is 0 Å². The molecule has 0 aliphatic carbocycles. The second-order valence-electron chi connectivity index (χ2n) is 2.80. The van der Waals surface area contributed by atoms with Gasteiger partial charge >= 0.3 is 0 Å². The molecule has 1 aromatic carbocycles. The SMILES string of the molecule is C=CC(=C)c1c(C=N)cccc1OC. The molecule has 0 bridgehead atoms. The zero-order valence-corrected chi connectivity index (χ0v) is 8.21. The molecule has 0 saturated carbocycles. The first-order valence-corrected chi connectivity index (χ1v) is 4.23. The first-order valence-electron chi connectivity index (χ1n) is 4.23. The maximum atomic E-state index is 7.27. The van der Waals surface area contributed by atoms with Gasteiger partial charge in [-0.05, 0) is 11.6 Å². The molecule has 72 valence electrons. The topological polar surface area (TPSA) is 33.1 Å². The van der Waals surface area contributed by atoms with E-state index in [2.05, 4.69) is 13.2 Å². The highest BCUT2D eigenvalue weighted by Crippen LogP contribution is 2.28. The fraction of sp³-hybridized carbons (Fsp3) is 0.0833. The quantitative estimate of drug-likeness (QED) is 0.570. The summed E-state index contributed by atoms with van der Waals surface area (Å²) in [5.41, 5.74) is 2.38. The van der Waals surface area contributed by atoms with Crippen LogP contribution in [-0.2, 0) is 0 Å². The standard InChI is InChI=1S/C12H13NO/c1-4-9(2)12-10(8-13)6-5-7-11(12)14-3/h4-8,13H,1-2H2,3H3. The highest BCUT2D eigenvalue weighted by molar-refractivity contribution is 5.90. The van der Waals surface area contributed by atoms with E-state index in [0.717, 1.165) is 22.4 Å². The number of hydrogen-bond donors (Lipinski definition) is 1. The summed E-state index contributed by atoms with van der Waals surface area (Å²) in [5, 5.41) is 7.27. The van der Waals surface area contributed by atoms with Crippen LogP contribution >= 0.6 is 0 Å². The maximum absolute atomic E-state index is 7.27. The van der Waals surface area contributed by atoms with E-state index in [9.17, 15) is 0 Å². The monoisotopic (exact) mass is 187 g/mol. The van der Waals surface area contributed by atoms with Crippen LogP contribution < -0.4 is 4.74 Å². The van der Waals surface area contributed by atoms with Crippen LogP contribution in [0.3, 0.4) is 0 Å². The van der Waals surface area contributed by atoms with E-state index in [0.29, 0.717) is 0 Å². The van der Waals surface area contributed by atoms with Crippen LogP contribution in [0.1, 0.15) is 11.1 Å². The highest BCUT2D eigenvalue weighted by Gasteiger charge is 2.08. The van der Waals surface area contributed by atoms with Crippen molar-refractivity contribution in [1.29, 1.82) is 5.41 Å². The molecule has 1 aromatic rings. The van der Waals surface area contributed by atoms with E-state index in [1.54, 1.807) is 13.2 Å². The Hall–Kier alpha value is -1.83. The van der Waals surface area contributed by atoms with E-state index in [-0.39, 0.29) is 0 Å². The van der Waals surface area contributed by atoms with Crippen LogP contribution in [0.4, 0.5) is 0 Å². The fourth-order valence-electron chi connectivity index (χ4n) is 1.28. The third-order valence-corrected chi connectivity index (χ3v) is 2.00. The van der Waals surface area contributed by atoms with Gasteiger partial charge in [-0.15, -0.1) is 0 Å². The molecule has 14 heavy (non-hydrogen) atoms. The number of methoxy groups -OCH3 is 1. The Balaban J connectivity index is 3.40. The van der Waals surface area contributed by atoms with Gasteiger partial charge in [-0.2, -0.15) is 0 Å². The smallest absolute Gasteiger partial charge is 0.127 e. The third kappa shape index (κ3) is 1.74. The molecule has 0 unspecified atom stereocenters. The number of nitrogens with one attached hydrogen (secondary N) is 1. The molecule has 0 radical (unpaired) electrons. The normalized spacial score (nSPS) is 9.21. The first kappa shape index (κ1) is 10.3. The van der Waals surface area contributed by atoms with E-state index in [4.69, 9.17) is 10.1 Å². The maximum Gasteiger partial charge on any atom is 0.127 e. The van der Waals surface area contributed by atoms with E-state index < -0.39 is 0 Å². The van der Waals surface area contributed by atoms with Gasteiger partial charge in [0, 0.05) is 17.3 Å². The summed E-state index contributed by atoms with van der Waals surface area (Å²) in [6.07, 6.45) is 2.94. The molecule has 0 aliphatic rings. The summed E-state index contributed by atoms with van der Waals surface area (Å²) >= 11 is 0. The molecule has 1 rings (SSSR count). The second-order valence-corrected chi connectivity index (χ2v) is 2.80. The molecule has 0 amide bonds. The van der Waals surface area contributed by atoms with Gasteiger partial charge in [0.1, 0.15) is 5.75 Å². The van der Waals surface area contributed by atoms with Gasteiger partial charge in [-0.25, -0.2) is 0 Å². The van der Waals surface area contributed by atoms with Crippen LogP contribution in [0.5, 0.6) is 5.75 Å². The summed E-state index contributed by atoms with van der Waals surface area (Å²) in [4.78, 5) is 0. The molecule has 0 aromatic heterocycles. The molecular formula is C12H13NO. The van der Waals surface area contributed by atoms with Crippen LogP contribution in [0, 0.1) is 5.41 Å². The number of ether oxygens (including phenoxy) is 1. The van der Waals surface area contributed by atoms with Crippen molar-refractivity contribution in [2.75, 3.05) is 7.11 Å². The Bertz CT molecular complexity index is 380. The second kappa shape index (κ2) is 4.42. The van der Waals surface area contributed by atoms with Gasteiger partial charge in [0.25, 0.3) is 0 Å². The Morgan fingerprint density at radius 1 is 1.50 bits per heavy atom. The summed E-state index contributed by atoms with van der Waals surface area (Å²) in [6.45, 7) is 7.52. The summed E-state index contributed by atoms with van der Waals surface area (Å²) in [6, 6.07) is 5.54. The van der Waals surface area contributed by atoms with Crippen molar-refractivity contribution in [3.63, 3.8) is 0 Å². The third-order valence-electron chi connectivity index (χ3n) is 2.00. The van der Waals surface area contributed by atoms with E-state index in [1.165, 1.54) is 6.21 Å². The van der Waals surface area contributed by atoms with Gasteiger partial charge in [-0.3, -0.25) is 0 Å². The Kier molecular flexibility index (Phi) is 3.24. The lowest BCUT2D eigenvalue weighted by Gasteiger charge is -2.10. The lowest BCUT2D eigenvalue weighted by molar-refractivity contribution is 0.413. The summed E-state index contributed by atoms with van der Waals surface area (Å²) < 4.78 is 5.20. The van der Waals surface area contributed by atoms with Crippen LogP contribution in [-0.4, -0.2) is 13.3 Å². The molecule has 0 atom stereocenters. The Labute approximate surface area is 84.0 Å². The van der Waals surface area contributed by atoms with Crippen molar-refractivity contribution in [1.82, 2.24) is 0 Å². The molecule has 0 spiro atoms. The van der Waals surface area contributed by atoms with E-state index in [1.807, 2.05) is 18.2 Å². The van der Waals surface area contributed by atoms with Crippen molar-refractivity contribution in [3.8, 4) is 5.75 Å². The van der Waals surface area contributed by atoms with Crippen molar-refractivity contribution >= 4 is 11.8 Å². The zero-order valence-electron chi connectivity index (χ0n) is 8.21. The van der Waals surface area contributed by atoms with Gasteiger partial charge in [0.05, 0.1) is 7.11 Å². The lowest BCUT2D eigenvalue weighted by Crippen LogP contribution is -1.95. The van der Waals surface area contributed by atoms with Crippen molar-refractivity contribution in [3.05, 3.63) is 48.6 Å². The van der Waals surface area contributed by atoms with Crippen molar-refractivity contribution in [2.24, 2.45) is 0 Å². The van der Waals surface area contributed by atoms with E-state index >= 15 is 0 Å². The minimum atomic E-state index is 0.718. The number of rotatable bonds is 4. The first-order chi connectivity index (χ1) is 6.74. The highest BCUT2D eigenvalue weighted by atomic mass is 16.5.